The van der Waals surface area contributed by atoms with Crippen LogP contribution in [-0.2, 0) is 14.2 Å². The van der Waals surface area contributed by atoms with Gasteiger partial charge in [-0.05, 0) is 19.1 Å². The van der Waals surface area contributed by atoms with Crippen molar-refractivity contribution in [2.45, 2.75) is 13.2 Å². The Morgan fingerprint density at radius 2 is 2.50 bits per heavy atom. The van der Waals surface area contributed by atoms with Crippen LogP contribution < -0.4 is 0 Å². The second-order valence-corrected chi connectivity index (χ2v) is 2.60. The Balaban J connectivity index is 2.36. The molecule has 0 bridgehead atoms. The smallest absolute Gasteiger partial charge is 0.220 e. The van der Waals surface area contributed by atoms with Gasteiger partial charge in [-0.25, -0.2) is 0 Å². The van der Waals surface area contributed by atoms with E-state index in [-0.39, 0.29) is 6.29 Å². The van der Waals surface area contributed by atoms with E-state index in [0.29, 0.717) is 13.2 Å². The van der Waals surface area contributed by atoms with Crippen molar-refractivity contribution in [3.05, 3.63) is 24.0 Å². The Morgan fingerprint density at radius 3 is 3.21 bits per heavy atom. The van der Waals surface area contributed by atoms with Crippen LogP contribution in [0.3, 0.4) is 0 Å². The van der Waals surface area contributed by atoms with Crippen LogP contribution in [0.1, 0.15) is 6.92 Å². The Hall–Kier alpha value is -1.24. The number of rotatable bonds is 3. The SMILES string of the molecule is CCOC1C=C/C(=C/C#CCOC)O1. The Labute approximate surface area is 84.3 Å². The molecule has 1 unspecified atom stereocenters. The van der Waals surface area contributed by atoms with Gasteiger partial charge in [0.2, 0.25) is 6.29 Å². The van der Waals surface area contributed by atoms with Crippen LogP contribution in [0.2, 0.25) is 0 Å². The normalized spacial score (nSPS) is 21.9. The van der Waals surface area contributed by atoms with E-state index in [9.17, 15) is 0 Å². The molecule has 1 aliphatic heterocycles. The van der Waals surface area contributed by atoms with Gasteiger partial charge in [-0.2, -0.15) is 0 Å². The molecule has 1 rings (SSSR count). The molecular formula is C11H14O3. The van der Waals surface area contributed by atoms with E-state index in [1.807, 2.05) is 19.1 Å². The summed E-state index contributed by atoms with van der Waals surface area (Å²) in [4.78, 5) is 0. The summed E-state index contributed by atoms with van der Waals surface area (Å²) in [5.41, 5.74) is 0. The van der Waals surface area contributed by atoms with Gasteiger partial charge in [-0.1, -0.05) is 11.8 Å². The highest BCUT2D eigenvalue weighted by Gasteiger charge is 2.12. The van der Waals surface area contributed by atoms with Crippen LogP contribution in [0.15, 0.2) is 24.0 Å². The van der Waals surface area contributed by atoms with Gasteiger partial charge in [0.1, 0.15) is 12.4 Å². The van der Waals surface area contributed by atoms with Crippen molar-refractivity contribution in [2.24, 2.45) is 0 Å². The van der Waals surface area contributed by atoms with Crippen molar-refractivity contribution >= 4 is 0 Å². The second kappa shape index (κ2) is 6.25. The lowest BCUT2D eigenvalue weighted by molar-refractivity contribution is -0.0660. The fourth-order valence-corrected chi connectivity index (χ4v) is 0.958. The van der Waals surface area contributed by atoms with E-state index in [1.54, 1.807) is 13.2 Å². The average Bonchev–Trinajstić information content (AvgIpc) is 2.61. The number of methoxy groups -OCH3 is 1. The third-order valence-corrected chi connectivity index (χ3v) is 1.53. The number of hydrogen-bond acceptors (Lipinski definition) is 3. The minimum absolute atomic E-state index is 0.254. The van der Waals surface area contributed by atoms with E-state index in [0.717, 1.165) is 5.76 Å². The largest absolute Gasteiger partial charge is 0.461 e. The molecule has 76 valence electrons. The third kappa shape index (κ3) is 3.65. The Morgan fingerprint density at radius 1 is 1.64 bits per heavy atom. The van der Waals surface area contributed by atoms with E-state index in [2.05, 4.69) is 11.8 Å². The monoisotopic (exact) mass is 194 g/mol. The number of ether oxygens (including phenoxy) is 3. The molecule has 0 fully saturated rings. The summed E-state index contributed by atoms with van der Waals surface area (Å²) in [5, 5.41) is 0. The lowest BCUT2D eigenvalue weighted by atomic mass is 10.4. The van der Waals surface area contributed by atoms with Crippen LogP contribution in [0.4, 0.5) is 0 Å². The van der Waals surface area contributed by atoms with Crippen molar-refractivity contribution in [1.29, 1.82) is 0 Å². The lowest BCUT2D eigenvalue weighted by Crippen LogP contribution is -2.08. The molecule has 3 heteroatoms. The maximum atomic E-state index is 5.37. The van der Waals surface area contributed by atoms with Crippen molar-refractivity contribution in [1.82, 2.24) is 0 Å². The summed E-state index contributed by atoms with van der Waals surface area (Å²) in [6, 6.07) is 0. The molecule has 0 amide bonds. The molecule has 3 nitrogen and oxygen atoms in total. The first-order chi connectivity index (χ1) is 6.86. The summed E-state index contributed by atoms with van der Waals surface area (Å²) in [7, 11) is 1.61. The van der Waals surface area contributed by atoms with Crippen molar-refractivity contribution < 1.29 is 14.2 Å². The Kier molecular flexibility index (Phi) is 4.84. The zero-order valence-corrected chi connectivity index (χ0v) is 8.45. The fraction of sp³-hybridized carbons (Fsp3) is 0.455. The summed E-state index contributed by atoms with van der Waals surface area (Å²) >= 11 is 0. The van der Waals surface area contributed by atoms with E-state index >= 15 is 0 Å². The quantitative estimate of drug-likeness (QED) is 0.637. The van der Waals surface area contributed by atoms with E-state index in [1.165, 1.54) is 0 Å². The summed E-state index contributed by atoms with van der Waals surface area (Å²) in [5.74, 6) is 6.36. The topological polar surface area (TPSA) is 27.7 Å². The van der Waals surface area contributed by atoms with Gasteiger partial charge in [-0.15, -0.1) is 0 Å². The van der Waals surface area contributed by atoms with Crippen LogP contribution in [0.25, 0.3) is 0 Å². The molecule has 0 aliphatic carbocycles. The summed E-state index contributed by atoms with van der Waals surface area (Å²) < 4.78 is 15.4. The van der Waals surface area contributed by atoms with Crippen molar-refractivity contribution in [3.63, 3.8) is 0 Å². The van der Waals surface area contributed by atoms with Gasteiger partial charge >= 0.3 is 0 Å². The molecule has 0 saturated heterocycles. The lowest BCUT2D eigenvalue weighted by Gasteiger charge is -2.08. The van der Waals surface area contributed by atoms with Crippen molar-refractivity contribution in [2.75, 3.05) is 20.3 Å². The van der Waals surface area contributed by atoms with Gasteiger partial charge < -0.3 is 14.2 Å². The second-order valence-electron chi connectivity index (χ2n) is 2.60. The molecule has 14 heavy (non-hydrogen) atoms. The zero-order valence-electron chi connectivity index (χ0n) is 8.45. The molecule has 0 aromatic rings. The number of allylic oxidation sites excluding steroid dienone is 2. The summed E-state index contributed by atoms with van der Waals surface area (Å²) in [6.45, 7) is 3.00. The maximum absolute atomic E-state index is 5.37. The van der Waals surface area contributed by atoms with Gasteiger partial charge in [0, 0.05) is 19.8 Å². The zero-order chi connectivity index (χ0) is 10.2. The van der Waals surface area contributed by atoms with E-state index in [4.69, 9.17) is 14.2 Å². The minimum Gasteiger partial charge on any atom is -0.461 e. The molecule has 1 atom stereocenters. The predicted octanol–water partition coefficient (Wildman–Crippen LogP) is 1.47. The van der Waals surface area contributed by atoms with Gasteiger partial charge in [-0.3, -0.25) is 0 Å². The molecule has 0 aromatic carbocycles. The molecule has 0 saturated carbocycles. The third-order valence-electron chi connectivity index (χ3n) is 1.53. The highest BCUT2D eigenvalue weighted by Crippen LogP contribution is 2.14. The first-order valence-electron chi connectivity index (χ1n) is 4.50. The van der Waals surface area contributed by atoms with E-state index < -0.39 is 0 Å². The van der Waals surface area contributed by atoms with Crippen LogP contribution in [0.5, 0.6) is 0 Å². The molecule has 0 spiro atoms. The highest BCUT2D eigenvalue weighted by molar-refractivity contribution is 5.27. The average molecular weight is 194 g/mol. The molecular weight excluding hydrogens is 180 g/mol. The Bertz CT molecular complexity index is 281. The first-order valence-corrected chi connectivity index (χ1v) is 4.50. The predicted molar refractivity (Wildman–Crippen MR) is 53.4 cm³/mol. The van der Waals surface area contributed by atoms with Crippen LogP contribution >= 0.6 is 0 Å². The first kappa shape index (κ1) is 10.8. The maximum Gasteiger partial charge on any atom is 0.220 e. The molecule has 1 aliphatic rings. The standard InChI is InChI=1S/C11H14O3/c1-3-13-11-8-7-10(14-11)6-4-5-9-12-2/h6-8,11H,3,9H2,1-2H3/b10-6-. The highest BCUT2D eigenvalue weighted by atomic mass is 16.7. The molecule has 0 aromatic heterocycles. The summed E-state index contributed by atoms with van der Waals surface area (Å²) in [6.07, 6.45) is 5.15. The van der Waals surface area contributed by atoms with Crippen molar-refractivity contribution in [3.8, 4) is 11.8 Å². The van der Waals surface area contributed by atoms with Gasteiger partial charge in [0.05, 0.1) is 0 Å². The number of hydrogen-bond donors (Lipinski definition) is 0. The van der Waals surface area contributed by atoms with Crippen LogP contribution in [-0.4, -0.2) is 26.6 Å². The molecule has 0 N–H and O–H groups in total. The van der Waals surface area contributed by atoms with Crippen LogP contribution in [0, 0.1) is 11.8 Å². The fourth-order valence-electron chi connectivity index (χ4n) is 0.958. The van der Waals surface area contributed by atoms with Gasteiger partial charge in [0.15, 0.2) is 0 Å². The minimum atomic E-state index is -0.254. The molecule has 1 heterocycles. The molecule has 0 radical (unpaired) electrons. The van der Waals surface area contributed by atoms with Gasteiger partial charge in [0.25, 0.3) is 0 Å².